The summed E-state index contributed by atoms with van der Waals surface area (Å²) in [5.74, 6) is -0.545. The van der Waals surface area contributed by atoms with E-state index < -0.39 is 5.82 Å². The van der Waals surface area contributed by atoms with E-state index >= 15 is 0 Å². The average Bonchev–Trinajstić information content (AvgIpc) is 2.40. The SMILES string of the molecule is NCCC1CCCCN1C(=O)c1ccc(F)cn1. The monoisotopic (exact) mass is 251 g/mol. The molecule has 4 nitrogen and oxygen atoms in total. The van der Waals surface area contributed by atoms with E-state index in [4.69, 9.17) is 5.73 Å². The van der Waals surface area contributed by atoms with Crippen molar-refractivity contribution in [3.63, 3.8) is 0 Å². The third-order valence-corrected chi connectivity index (χ3v) is 3.33. The number of aromatic nitrogens is 1. The van der Waals surface area contributed by atoms with Gasteiger partial charge in [0.05, 0.1) is 6.20 Å². The molecule has 1 fully saturated rings. The number of pyridine rings is 1. The van der Waals surface area contributed by atoms with Crippen molar-refractivity contribution in [1.82, 2.24) is 9.88 Å². The molecular formula is C13H18FN3O. The zero-order valence-corrected chi connectivity index (χ0v) is 10.3. The summed E-state index contributed by atoms with van der Waals surface area (Å²) in [6, 6.07) is 2.90. The molecule has 18 heavy (non-hydrogen) atoms. The molecule has 0 aromatic carbocycles. The van der Waals surface area contributed by atoms with Gasteiger partial charge in [-0.1, -0.05) is 0 Å². The molecule has 0 aliphatic carbocycles. The number of nitrogens with zero attached hydrogens (tertiary/aromatic N) is 2. The number of carbonyl (C=O) groups is 1. The summed E-state index contributed by atoms with van der Waals surface area (Å²) in [4.78, 5) is 18.0. The van der Waals surface area contributed by atoms with Gasteiger partial charge in [-0.3, -0.25) is 4.79 Å². The summed E-state index contributed by atoms with van der Waals surface area (Å²) in [5, 5.41) is 0. The molecule has 1 aromatic rings. The van der Waals surface area contributed by atoms with Crippen molar-refractivity contribution in [2.75, 3.05) is 13.1 Å². The van der Waals surface area contributed by atoms with Crippen LogP contribution >= 0.6 is 0 Å². The lowest BCUT2D eigenvalue weighted by Crippen LogP contribution is -2.44. The number of halogens is 1. The lowest BCUT2D eigenvalue weighted by molar-refractivity contribution is 0.0599. The molecule has 2 heterocycles. The second kappa shape index (κ2) is 5.91. The molecule has 0 radical (unpaired) electrons. The zero-order valence-electron chi connectivity index (χ0n) is 10.3. The van der Waals surface area contributed by atoms with Gasteiger partial charge < -0.3 is 10.6 Å². The Bertz CT molecular complexity index is 405. The Kier molecular flexibility index (Phi) is 4.25. The van der Waals surface area contributed by atoms with Gasteiger partial charge in [-0.25, -0.2) is 9.37 Å². The van der Waals surface area contributed by atoms with Crippen LogP contribution < -0.4 is 5.73 Å². The van der Waals surface area contributed by atoms with Crippen LogP contribution in [-0.2, 0) is 0 Å². The number of piperidine rings is 1. The molecule has 0 saturated carbocycles. The minimum Gasteiger partial charge on any atom is -0.334 e. The maximum absolute atomic E-state index is 12.8. The molecule has 0 spiro atoms. The summed E-state index contributed by atoms with van der Waals surface area (Å²) in [6.45, 7) is 1.31. The minimum absolute atomic E-state index is 0.117. The summed E-state index contributed by atoms with van der Waals surface area (Å²) in [7, 11) is 0. The standard InChI is InChI=1S/C13H18FN3O/c14-10-4-5-12(16-9-10)13(18)17-8-2-1-3-11(17)6-7-15/h4-5,9,11H,1-3,6-8,15H2. The fraction of sp³-hybridized carbons (Fsp3) is 0.538. The van der Waals surface area contributed by atoms with Crippen LogP contribution in [0.2, 0.25) is 0 Å². The molecule has 5 heteroatoms. The molecule has 2 rings (SSSR count). The van der Waals surface area contributed by atoms with Crippen molar-refractivity contribution < 1.29 is 9.18 Å². The Morgan fingerprint density at radius 2 is 2.33 bits per heavy atom. The summed E-state index contributed by atoms with van der Waals surface area (Å²) >= 11 is 0. The maximum atomic E-state index is 12.8. The van der Waals surface area contributed by atoms with Crippen LogP contribution in [0.25, 0.3) is 0 Å². The van der Waals surface area contributed by atoms with E-state index in [1.54, 1.807) is 0 Å². The molecule has 2 N–H and O–H groups in total. The molecule has 1 aliphatic rings. The van der Waals surface area contributed by atoms with Gasteiger partial charge >= 0.3 is 0 Å². The second-order valence-corrected chi connectivity index (χ2v) is 4.59. The molecule has 1 aliphatic heterocycles. The summed E-state index contributed by atoms with van der Waals surface area (Å²) < 4.78 is 12.8. The van der Waals surface area contributed by atoms with E-state index in [0.29, 0.717) is 12.2 Å². The molecule has 1 atom stereocenters. The van der Waals surface area contributed by atoms with Crippen LogP contribution in [0.3, 0.4) is 0 Å². The summed E-state index contributed by atoms with van der Waals surface area (Å²) in [5.41, 5.74) is 5.88. The van der Waals surface area contributed by atoms with Crippen LogP contribution in [0, 0.1) is 5.82 Å². The first-order chi connectivity index (χ1) is 8.72. The highest BCUT2D eigenvalue weighted by Crippen LogP contribution is 2.21. The zero-order chi connectivity index (χ0) is 13.0. The molecule has 0 bridgehead atoms. The van der Waals surface area contributed by atoms with Gasteiger partial charge in [0.1, 0.15) is 11.5 Å². The number of rotatable bonds is 3. The van der Waals surface area contributed by atoms with Gasteiger partial charge in [0, 0.05) is 12.6 Å². The van der Waals surface area contributed by atoms with Gasteiger partial charge in [0.15, 0.2) is 0 Å². The third kappa shape index (κ3) is 2.85. The highest BCUT2D eigenvalue weighted by atomic mass is 19.1. The normalized spacial score (nSPS) is 19.9. The smallest absolute Gasteiger partial charge is 0.272 e. The van der Waals surface area contributed by atoms with Crippen molar-refractivity contribution in [3.8, 4) is 0 Å². The highest BCUT2D eigenvalue weighted by Gasteiger charge is 2.27. The van der Waals surface area contributed by atoms with Gasteiger partial charge in [-0.2, -0.15) is 0 Å². The number of amides is 1. The quantitative estimate of drug-likeness (QED) is 0.887. The van der Waals surface area contributed by atoms with Crippen LogP contribution in [-0.4, -0.2) is 34.9 Å². The molecular weight excluding hydrogens is 233 g/mol. The second-order valence-electron chi connectivity index (χ2n) is 4.59. The van der Waals surface area contributed by atoms with E-state index in [-0.39, 0.29) is 11.9 Å². The van der Waals surface area contributed by atoms with Gasteiger partial charge in [0.2, 0.25) is 0 Å². The number of nitrogens with two attached hydrogens (primary N) is 1. The molecule has 98 valence electrons. The number of hydrogen-bond donors (Lipinski definition) is 1. The van der Waals surface area contributed by atoms with Crippen molar-refractivity contribution in [2.24, 2.45) is 5.73 Å². The first kappa shape index (κ1) is 13.0. The summed E-state index contributed by atoms with van der Waals surface area (Å²) in [6.07, 6.45) is 5.02. The lowest BCUT2D eigenvalue weighted by Gasteiger charge is -2.35. The Hall–Kier alpha value is -1.49. The van der Waals surface area contributed by atoms with E-state index in [1.165, 1.54) is 12.1 Å². The van der Waals surface area contributed by atoms with Crippen molar-refractivity contribution in [1.29, 1.82) is 0 Å². The van der Waals surface area contributed by atoms with E-state index in [2.05, 4.69) is 4.98 Å². The fourth-order valence-electron chi connectivity index (χ4n) is 2.41. The molecule has 1 saturated heterocycles. The Morgan fingerprint density at radius 3 is 3.00 bits per heavy atom. The van der Waals surface area contributed by atoms with E-state index in [9.17, 15) is 9.18 Å². The largest absolute Gasteiger partial charge is 0.334 e. The van der Waals surface area contributed by atoms with Gasteiger partial charge in [-0.05, 0) is 44.4 Å². The first-order valence-corrected chi connectivity index (χ1v) is 6.35. The van der Waals surface area contributed by atoms with Crippen LogP contribution in [0.1, 0.15) is 36.2 Å². The van der Waals surface area contributed by atoms with E-state index in [0.717, 1.165) is 38.4 Å². The number of carbonyl (C=O) groups excluding carboxylic acids is 1. The van der Waals surface area contributed by atoms with Crippen LogP contribution in [0.15, 0.2) is 18.3 Å². The number of hydrogen-bond acceptors (Lipinski definition) is 3. The maximum Gasteiger partial charge on any atom is 0.272 e. The van der Waals surface area contributed by atoms with Gasteiger partial charge in [-0.15, -0.1) is 0 Å². The van der Waals surface area contributed by atoms with Gasteiger partial charge in [0.25, 0.3) is 5.91 Å². The molecule has 1 amide bonds. The van der Waals surface area contributed by atoms with Crippen LogP contribution in [0.4, 0.5) is 4.39 Å². The Morgan fingerprint density at radius 1 is 1.50 bits per heavy atom. The predicted molar refractivity (Wildman–Crippen MR) is 66.5 cm³/mol. The van der Waals surface area contributed by atoms with Crippen molar-refractivity contribution >= 4 is 5.91 Å². The Balaban J connectivity index is 2.12. The molecule has 1 aromatic heterocycles. The molecule has 1 unspecified atom stereocenters. The van der Waals surface area contributed by atoms with Crippen molar-refractivity contribution in [3.05, 3.63) is 29.8 Å². The van der Waals surface area contributed by atoms with E-state index in [1.807, 2.05) is 4.90 Å². The highest BCUT2D eigenvalue weighted by molar-refractivity contribution is 5.92. The topological polar surface area (TPSA) is 59.2 Å². The first-order valence-electron chi connectivity index (χ1n) is 6.35. The minimum atomic E-state index is -0.427. The lowest BCUT2D eigenvalue weighted by atomic mass is 9.99. The van der Waals surface area contributed by atoms with Crippen LogP contribution in [0.5, 0.6) is 0 Å². The fourth-order valence-corrected chi connectivity index (χ4v) is 2.41. The predicted octanol–water partition coefficient (Wildman–Crippen LogP) is 1.56. The average molecular weight is 251 g/mol. The number of likely N-dealkylation sites (tertiary alicyclic amines) is 1. The Labute approximate surface area is 106 Å². The van der Waals surface area contributed by atoms with Crippen molar-refractivity contribution in [2.45, 2.75) is 31.7 Å². The third-order valence-electron chi connectivity index (χ3n) is 3.33.